The van der Waals surface area contributed by atoms with Gasteiger partial charge in [-0.2, -0.15) is 23.4 Å². The highest BCUT2D eigenvalue weighted by molar-refractivity contribution is 6.31. The van der Waals surface area contributed by atoms with E-state index < -0.39 is 54.5 Å². The Morgan fingerprint density at radius 3 is 2.50 bits per heavy atom. The molecule has 1 aliphatic heterocycles. The number of benzene rings is 1. The molecule has 0 saturated carbocycles. The van der Waals surface area contributed by atoms with Gasteiger partial charge in [-0.1, -0.05) is 23.2 Å². The number of aryl methyl sites for hydroxylation is 2. The summed E-state index contributed by atoms with van der Waals surface area (Å²) in [7, 11) is 0. The van der Waals surface area contributed by atoms with E-state index in [0.29, 0.717) is 16.3 Å². The van der Waals surface area contributed by atoms with Gasteiger partial charge in [0.1, 0.15) is 36.3 Å². The molecule has 212 valence electrons. The SMILES string of the molecule is Cc1nc([C@@H]2OC(CO)[C@H](O)C(n3cc(-c4cc(C)c(Cl)cn4)cn3)[C@@H]2O)n(-c2cc(Cl)ccc2C(F)(F)F)n1. The number of aromatic nitrogens is 6. The summed E-state index contributed by atoms with van der Waals surface area (Å²) in [5.74, 6) is -0.0943. The fourth-order valence-electron chi connectivity index (χ4n) is 4.67. The standard InChI is InChI=1S/C25H23Cl2F3N6O4/c1-11-5-17(31-8-16(11)27)13-7-32-35(9-13)20-21(38)19(10-37)40-23(22(20)39)24-33-12(2)34-36(24)18-6-14(26)3-4-15(18)25(28,29)30/h3-9,19-23,37-39H,10H2,1-2H3/t19?,20?,21-,22-,23+/m0/s1. The minimum Gasteiger partial charge on any atom is -0.394 e. The molecule has 0 aliphatic carbocycles. The van der Waals surface area contributed by atoms with Gasteiger partial charge >= 0.3 is 6.18 Å². The zero-order chi connectivity index (χ0) is 28.9. The highest BCUT2D eigenvalue weighted by atomic mass is 35.5. The number of alkyl halides is 3. The third kappa shape index (κ3) is 5.20. The number of rotatable bonds is 5. The smallest absolute Gasteiger partial charge is 0.394 e. The van der Waals surface area contributed by atoms with Crippen LogP contribution in [0, 0.1) is 13.8 Å². The molecule has 1 aliphatic rings. The first-order valence-electron chi connectivity index (χ1n) is 12.0. The normalized spacial score (nSPS) is 23.5. The maximum absolute atomic E-state index is 13.9. The number of hydrogen-bond acceptors (Lipinski definition) is 8. The van der Waals surface area contributed by atoms with Gasteiger partial charge < -0.3 is 20.1 Å². The van der Waals surface area contributed by atoms with Crippen molar-refractivity contribution in [2.24, 2.45) is 0 Å². The molecule has 0 spiro atoms. The average molecular weight is 599 g/mol. The monoisotopic (exact) mass is 598 g/mol. The van der Waals surface area contributed by atoms with Crippen LogP contribution in [-0.2, 0) is 10.9 Å². The number of aliphatic hydroxyl groups excluding tert-OH is 3. The van der Waals surface area contributed by atoms with E-state index in [-0.39, 0.29) is 16.7 Å². The third-order valence-corrected chi connectivity index (χ3v) is 7.26. The van der Waals surface area contributed by atoms with Gasteiger partial charge in [-0.25, -0.2) is 9.67 Å². The first-order chi connectivity index (χ1) is 18.9. The molecule has 1 aromatic carbocycles. The first kappa shape index (κ1) is 28.5. The van der Waals surface area contributed by atoms with Crippen LogP contribution >= 0.6 is 23.2 Å². The predicted octanol–water partition coefficient (Wildman–Crippen LogP) is 3.86. The second kappa shape index (κ2) is 10.7. The molecule has 0 bridgehead atoms. The van der Waals surface area contributed by atoms with E-state index in [4.69, 9.17) is 27.9 Å². The van der Waals surface area contributed by atoms with Gasteiger partial charge in [0.2, 0.25) is 0 Å². The summed E-state index contributed by atoms with van der Waals surface area (Å²) in [5.41, 5.74) is 0.400. The Morgan fingerprint density at radius 1 is 1.07 bits per heavy atom. The van der Waals surface area contributed by atoms with Crippen molar-refractivity contribution in [2.45, 2.75) is 50.5 Å². The largest absolute Gasteiger partial charge is 0.418 e. The van der Waals surface area contributed by atoms with Gasteiger partial charge in [-0.3, -0.25) is 9.67 Å². The van der Waals surface area contributed by atoms with Crippen LogP contribution in [0.4, 0.5) is 13.2 Å². The van der Waals surface area contributed by atoms with Crippen LogP contribution < -0.4 is 0 Å². The summed E-state index contributed by atoms with van der Waals surface area (Å²) < 4.78 is 49.7. The molecule has 40 heavy (non-hydrogen) atoms. The van der Waals surface area contributed by atoms with Crippen molar-refractivity contribution in [3.63, 3.8) is 0 Å². The van der Waals surface area contributed by atoms with Crippen LogP contribution in [-0.4, -0.2) is 69.8 Å². The molecule has 0 amide bonds. The fraction of sp³-hybridized carbons (Fsp3) is 0.360. The van der Waals surface area contributed by atoms with Crippen molar-refractivity contribution in [1.29, 1.82) is 0 Å². The summed E-state index contributed by atoms with van der Waals surface area (Å²) in [6.45, 7) is 2.61. The highest BCUT2D eigenvalue weighted by Crippen LogP contribution is 2.41. The lowest BCUT2D eigenvalue weighted by Crippen LogP contribution is -2.53. The van der Waals surface area contributed by atoms with Crippen LogP contribution in [0.25, 0.3) is 16.9 Å². The van der Waals surface area contributed by atoms with Crippen molar-refractivity contribution in [1.82, 2.24) is 29.5 Å². The third-order valence-electron chi connectivity index (χ3n) is 6.63. The topological polar surface area (TPSA) is 131 Å². The molecule has 5 rings (SSSR count). The Bertz CT molecular complexity index is 1550. The summed E-state index contributed by atoms with van der Waals surface area (Å²) in [4.78, 5) is 8.53. The maximum atomic E-state index is 13.9. The molecular weight excluding hydrogens is 576 g/mol. The molecule has 2 unspecified atom stereocenters. The quantitative estimate of drug-likeness (QED) is 0.315. The van der Waals surface area contributed by atoms with Crippen LogP contribution in [0.1, 0.15) is 34.9 Å². The van der Waals surface area contributed by atoms with Crippen molar-refractivity contribution in [2.75, 3.05) is 6.61 Å². The van der Waals surface area contributed by atoms with Gasteiger partial charge in [-0.15, -0.1) is 0 Å². The number of ether oxygens (including phenoxy) is 1. The summed E-state index contributed by atoms with van der Waals surface area (Å²) in [5, 5.41) is 41.3. The first-order valence-corrected chi connectivity index (χ1v) is 12.7. The van der Waals surface area contributed by atoms with Crippen molar-refractivity contribution in [3.8, 4) is 16.9 Å². The number of halogens is 5. The molecule has 1 fully saturated rings. The number of nitrogens with zero attached hydrogens (tertiary/aromatic N) is 6. The van der Waals surface area contributed by atoms with Crippen molar-refractivity contribution in [3.05, 3.63) is 75.7 Å². The number of hydrogen-bond donors (Lipinski definition) is 3. The molecule has 0 radical (unpaired) electrons. The predicted molar refractivity (Wildman–Crippen MR) is 137 cm³/mol. The van der Waals surface area contributed by atoms with Gasteiger partial charge in [0.25, 0.3) is 0 Å². The zero-order valence-electron chi connectivity index (χ0n) is 21.0. The fourth-order valence-corrected chi connectivity index (χ4v) is 4.94. The van der Waals surface area contributed by atoms with E-state index >= 15 is 0 Å². The lowest BCUT2D eigenvalue weighted by Gasteiger charge is -2.42. The van der Waals surface area contributed by atoms with Crippen LogP contribution in [0.2, 0.25) is 10.0 Å². The Hall–Kier alpha value is -3.07. The lowest BCUT2D eigenvalue weighted by molar-refractivity contribution is -0.210. The van der Waals surface area contributed by atoms with E-state index in [1.165, 1.54) is 30.2 Å². The van der Waals surface area contributed by atoms with Gasteiger partial charge in [-0.05, 0) is 43.7 Å². The molecule has 1 saturated heterocycles. The van der Waals surface area contributed by atoms with E-state index in [9.17, 15) is 28.5 Å². The van der Waals surface area contributed by atoms with Crippen LogP contribution in [0.15, 0.2) is 42.9 Å². The van der Waals surface area contributed by atoms with Gasteiger partial charge in [0.05, 0.1) is 34.8 Å². The molecule has 4 heterocycles. The number of pyridine rings is 1. The second-order valence-corrected chi connectivity index (χ2v) is 10.2. The lowest BCUT2D eigenvalue weighted by atomic mass is 9.92. The molecule has 3 aromatic heterocycles. The van der Waals surface area contributed by atoms with E-state index in [2.05, 4.69) is 20.2 Å². The Morgan fingerprint density at radius 2 is 1.82 bits per heavy atom. The summed E-state index contributed by atoms with van der Waals surface area (Å²) >= 11 is 12.1. The Labute approximate surface area is 235 Å². The molecule has 3 N–H and O–H groups in total. The van der Waals surface area contributed by atoms with Gasteiger partial charge in [0, 0.05) is 23.0 Å². The molecule has 5 atom stereocenters. The maximum Gasteiger partial charge on any atom is 0.418 e. The minimum absolute atomic E-state index is 0.0175. The average Bonchev–Trinajstić information content (AvgIpc) is 3.52. The molecule has 10 nitrogen and oxygen atoms in total. The summed E-state index contributed by atoms with van der Waals surface area (Å²) in [6.07, 6.45) is -5.95. The van der Waals surface area contributed by atoms with Crippen molar-refractivity contribution < 1.29 is 33.2 Å². The highest BCUT2D eigenvalue weighted by Gasteiger charge is 2.48. The second-order valence-electron chi connectivity index (χ2n) is 9.37. The Balaban J connectivity index is 1.58. The minimum atomic E-state index is -4.75. The van der Waals surface area contributed by atoms with E-state index in [0.717, 1.165) is 28.4 Å². The van der Waals surface area contributed by atoms with Crippen LogP contribution in [0.5, 0.6) is 0 Å². The van der Waals surface area contributed by atoms with Crippen LogP contribution in [0.3, 0.4) is 0 Å². The summed E-state index contributed by atoms with van der Waals surface area (Å²) in [6, 6.07) is 3.55. The molecular formula is C25H23Cl2F3N6O4. The van der Waals surface area contributed by atoms with E-state index in [1.54, 1.807) is 6.07 Å². The van der Waals surface area contributed by atoms with Gasteiger partial charge in [0.15, 0.2) is 5.82 Å². The van der Waals surface area contributed by atoms with Crippen molar-refractivity contribution >= 4 is 23.2 Å². The van der Waals surface area contributed by atoms with E-state index in [1.807, 2.05) is 6.92 Å². The number of aliphatic hydroxyl groups is 3. The zero-order valence-corrected chi connectivity index (χ0v) is 22.5. The molecule has 4 aromatic rings. The molecule has 15 heteroatoms. The Kier molecular flexibility index (Phi) is 7.63.